The minimum Gasteiger partial charge on any atom is -0.393 e. The van der Waals surface area contributed by atoms with Crippen molar-refractivity contribution in [1.29, 1.82) is 0 Å². The molecule has 3 aliphatic carbocycles. The summed E-state index contributed by atoms with van der Waals surface area (Å²) in [6.45, 7) is 9.10. The van der Waals surface area contributed by atoms with Crippen molar-refractivity contribution in [2.24, 2.45) is 17.3 Å². The summed E-state index contributed by atoms with van der Waals surface area (Å²) >= 11 is 0. The van der Waals surface area contributed by atoms with Gasteiger partial charge in [0.25, 0.3) is 0 Å². The molecule has 0 amide bonds. The van der Waals surface area contributed by atoms with Crippen LogP contribution < -0.4 is 0 Å². The first-order chi connectivity index (χ1) is 10.5. The Kier molecular flexibility index (Phi) is 4.64. The predicted octanol–water partition coefficient (Wildman–Crippen LogP) is 5.57. The van der Waals surface area contributed by atoms with Gasteiger partial charge in [-0.3, -0.25) is 0 Å². The Labute approximate surface area is 136 Å². The predicted molar refractivity (Wildman–Crippen MR) is 93.6 cm³/mol. The van der Waals surface area contributed by atoms with Crippen LogP contribution in [0.15, 0.2) is 35.5 Å². The number of aliphatic hydroxyl groups is 1. The summed E-state index contributed by atoms with van der Waals surface area (Å²) in [4.78, 5) is 0. The highest BCUT2D eigenvalue weighted by molar-refractivity contribution is 5.36. The number of hydrogen-bond acceptors (Lipinski definition) is 1. The molecule has 0 bridgehead atoms. The van der Waals surface area contributed by atoms with Crippen LogP contribution in [0.1, 0.15) is 71.6 Å². The lowest BCUT2D eigenvalue weighted by Crippen LogP contribution is -2.32. The Morgan fingerprint density at radius 3 is 2.82 bits per heavy atom. The van der Waals surface area contributed by atoms with Crippen molar-refractivity contribution < 1.29 is 5.11 Å². The number of hydrogen-bond donors (Lipinski definition) is 1. The highest BCUT2D eigenvalue weighted by Gasteiger charge is 2.48. The largest absolute Gasteiger partial charge is 0.393 e. The maximum absolute atomic E-state index is 9.89. The van der Waals surface area contributed by atoms with Gasteiger partial charge in [-0.15, -0.1) is 0 Å². The van der Waals surface area contributed by atoms with E-state index in [1.54, 1.807) is 5.57 Å². The van der Waals surface area contributed by atoms with Gasteiger partial charge in [0.2, 0.25) is 0 Å². The smallest absolute Gasteiger partial charge is 0.0583 e. The highest BCUT2D eigenvalue weighted by Crippen LogP contribution is 2.58. The molecule has 122 valence electrons. The Hall–Kier alpha value is -0.820. The van der Waals surface area contributed by atoms with Gasteiger partial charge in [0.1, 0.15) is 0 Å². The first-order valence-corrected chi connectivity index (χ1v) is 9.30. The normalized spacial score (nSPS) is 42.9. The fourth-order valence-corrected chi connectivity index (χ4v) is 5.41. The fraction of sp³-hybridized carbons (Fsp3) is 0.714. The van der Waals surface area contributed by atoms with Crippen molar-refractivity contribution in [1.82, 2.24) is 0 Å². The third-order valence-corrected chi connectivity index (χ3v) is 6.84. The summed E-state index contributed by atoms with van der Waals surface area (Å²) in [6.07, 6.45) is 15.3. The van der Waals surface area contributed by atoms with Crippen molar-refractivity contribution in [3.63, 3.8) is 0 Å². The van der Waals surface area contributed by atoms with Crippen molar-refractivity contribution in [3.8, 4) is 0 Å². The van der Waals surface area contributed by atoms with Crippen LogP contribution in [-0.2, 0) is 0 Å². The SMILES string of the molecule is C=C1CC[C@@H](O)C/C1=C/C=C1\CCC[C@]2(C)C(CC)CCC12. The molecule has 4 atom stereocenters. The molecule has 3 fully saturated rings. The maximum atomic E-state index is 9.89. The molecule has 0 aliphatic heterocycles. The molecule has 1 nitrogen and oxygen atoms in total. The van der Waals surface area contributed by atoms with Gasteiger partial charge in [-0.2, -0.15) is 0 Å². The van der Waals surface area contributed by atoms with Crippen LogP contribution in [0.25, 0.3) is 0 Å². The van der Waals surface area contributed by atoms with Gasteiger partial charge in [0, 0.05) is 0 Å². The molecule has 0 heterocycles. The first-order valence-electron chi connectivity index (χ1n) is 9.30. The summed E-state index contributed by atoms with van der Waals surface area (Å²) in [6, 6.07) is 0. The lowest BCUT2D eigenvalue weighted by Gasteiger charge is -2.42. The van der Waals surface area contributed by atoms with Crippen LogP contribution in [-0.4, -0.2) is 11.2 Å². The Morgan fingerprint density at radius 1 is 1.23 bits per heavy atom. The van der Waals surface area contributed by atoms with E-state index in [-0.39, 0.29) is 6.10 Å². The van der Waals surface area contributed by atoms with E-state index in [0.717, 1.165) is 31.1 Å². The second kappa shape index (κ2) is 6.35. The molecule has 3 saturated carbocycles. The molecule has 1 heteroatoms. The van der Waals surface area contributed by atoms with Crippen LogP contribution in [0.3, 0.4) is 0 Å². The summed E-state index contributed by atoms with van der Waals surface area (Å²) in [5, 5.41) is 9.89. The van der Waals surface area contributed by atoms with Crippen LogP contribution in [0, 0.1) is 17.3 Å². The molecule has 1 N–H and O–H groups in total. The third kappa shape index (κ3) is 2.85. The minimum absolute atomic E-state index is 0.164. The lowest BCUT2D eigenvalue weighted by atomic mass is 9.63. The van der Waals surface area contributed by atoms with Crippen molar-refractivity contribution in [2.75, 3.05) is 0 Å². The Bertz CT molecular complexity index is 498. The van der Waals surface area contributed by atoms with E-state index >= 15 is 0 Å². The molecule has 0 aromatic rings. The third-order valence-electron chi connectivity index (χ3n) is 6.84. The maximum Gasteiger partial charge on any atom is 0.0583 e. The zero-order valence-electron chi connectivity index (χ0n) is 14.4. The molecule has 0 saturated heterocycles. The summed E-state index contributed by atoms with van der Waals surface area (Å²) in [5.41, 5.74) is 4.73. The molecule has 0 radical (unpaired) electrons. The Morgan fingerprint density at radius 2 is 2.05 bits per heavy atom. The van der Waals surface area contributed by atoms with Crippen LogP contribution >= 0.6 is 0 Å². The van der Waals surface area contributed by atoms with E-state index in [1.807, 2.05) is 0 Å². The van der Waals surface area contributed by atoms with Crippen molar-refractivity contribution in [3.05, 3.63) is 35.5 Å². The van der Waals surface area contributed by atoms with Gasteiger partial charge in [-0.1, -0.05) is 50.1 Å². The van der Waals surface area contributed by atoms with E-state index < -0.39 is 0 Å². The molecule has 0 aromatic heterocycles. The average Bonchev–Trinajstić information content (AvgIpc) is 2.85. The van der Waals surface area contributed by atoms with Crippen LogP contribution in [0.5, 0.6) is 0 Å². The number of allylic oxidation sites excluding steroid dienone is 4. The van der Waals surface area contributed by atoms with E-state index in [4.69, 9.17) is 0 Å². The second-order valence-corrected chi connectivity index (χ2v) is 8.03. The number of aliphatic hydroxyl groups excluding tert-OH is 1. The van der Waals surface area contributed by atoms with Gasteiger partial charge >= 0.3 is 0 Å². The van der Waals surface area contributed by atoms with E-state index in [2.05, 4.69) is 32.6 Å². The topological polar surface area (TPSA) is 20.2 Å². The van der Waals surface area contributed by atoms with Crippen LogP contribution in [0.4, 0.5) is 0 Å². The van der Waals surface area contributed by atoms with Gasteiger partial charge in [0.15, 0.2) is 0 Å². The van der Waals surface area contributed by atoms with Crippen molar-refractivity contribution in [2.45, 2.75) is 77.7 Å². The summed E-state index contributed by atoms with van der Waals surface area (Å²) in [5.74, 6) is 1.71. The average molecular weight is 300 g/mol. The molecular formula is C21H32O. The molecule has 0 aromatic carbocycles. The highest BCUT2D eigenvalue weighted by atomic mass is 16.3. The van der Waals surface area contributed by atoms with Gasteiger partial charge < -0.3 is 5.11 Å². The second-order valence-electron chi connectivity index (χ2n) is 8.03. The Balaban J connectivity index is 1.81. The zero-order valence-corrected chi connectivity index (χ0v) is 14.4. The van der Waals surface area contributed by atoms with E-state index in [1.165, 1.54) is 49.7 Å². The molecule has 0 spiro atoms. The molecule has 3 aliphatic rings. The van der Waals surface area contributed by atoms with Crippen molar-refractivity contribution >= 4 is 0 Å². The van der Waals surface area contributed by atoms with Gasteiger partial charge in [-0.25, -0.2) is 0 Å². The zero-order chi connectivity index (χ0) is 15.7. The molecule has 22 heavy (non-hydrogen) atoms. The minimum atomic E-state index is -0.164. The molecule has 2 unspecified atom stereocenters. The van der Waals surface area contributed by atoms with Gasteiger partial charge in [-0.05, 0) is 74.2 Å². The number of fused-ring (bicyclic) bond motifs is 1. The molecule has 3 rings (SSSR count). The standard InChI is InChI=1S/C21H32O/c1-4-18-10-12-20-16(6-5-13-21(18,20)3)8-9-17-14-19(22)11-7-15(17)2/h8-9,18-20,22H,2,4-7,10-14H2,1,3H3/b16-8+,17-9-/t18?,19-,20?,21-/m1/s1. The monoisotopic (exact) mass is 300 g/mol. The quantitative estimate of drug-likeness (QED) is 0.707. The number of rotatable bonds is 2. The lowest BCUT2D eigenvalue weighted by molar-refractivity contribution is 0.133. The van der Waals surface area contributed by atoms with Crippen LogP contribution in [0.2, 0.25) is 0 Å². The fourth-order valence-electron chi connectivity index (χ4n) is 5.41. The summed E-state index contributed by atoms with van der Waals surface area (Å²) in [7, 11) is 0. The summed E-state index contributed by atoms with van der Waals surface area (Å²) < 4.78 is 0. The van der Waals surface area contributed by atoms with E-state index in [9.17, 15) is 5.11 Å². The molecular weight excluding hydrogens is 268 g/mol. The van der Waals surface area contributed by atoms with E-state index in [0.29, 0.717) is 5.41 Å². The first kappa shape index (κ1) is 16.1. The van der Waals surface area contributed by atoms with Gasteiger partial charge in [0.05, 0.1) is 6.10 Å².